The predicted molar refractivity (Wildman–Crippen MR) is 68.6 cm³/mol. The molecule has 0 bridgehead atoms. The van der Waals surface area contributed by atoms with E-state index in [0.717, 1.165) is 15.7 Å². The average molecular weight is 296 g/mol. The largest absolute Gasteiger partial charge is 0.380 e. The van der Waals surface area contributed by atoms with E-state index in [2.05, 4.69) is 26.0 Å². The zero-order valence-corrected chi connectivity index (χ0v) is 11.3. The number of rotatable bonds is 3. The van der Waals surface area contributed by atoms with Crippen LogP contribution in [0.2, 0.25) is 0 Å². The molecule has 4 nitrogen and oxygen atoms in total. The number of nitrogens with zero attached hydrogens (tertiary/aromatic N) is 3. The second-order valence-electron chi connectivity index (χ2n) is 3.86. The first-order valence-electron chi connectivity index (χ1n) is 5.45. The van der Waals surface area contributed by atoms with Crippen LogP contribution in [0.3, 0.4) is 0 Å². The summed E-state index contributed by atoms with van der Waals surface area (Å²) in [5.41, 5.74) is 2.44. The van der Waals surface area contributed by atoms with E-state index in [9.17, 15) is 5.11 Å². The molecular formula is C12H14BrN3O. The topological polar surface area (TPSA) is 50.9 Å². The van der Waals surface area contributed by atoms with Gasteiger partial charge < -0.3 is 5.11 Å². The number of aliphatic hydroxyl groups excluding tert-OH is 1. The van der Waals surface area contributed by atoms with Crippen LogP contribution in [-0.4, -0.2) is 19.9 Å². The summed E-state index contributed by atoms with van der Waals surface area (Å²) in [6.45, 7) is 4.66. The van der Waals surface area contributed by atoms with Crippen LogP contribution in [0.15, 0.2) is 29.0 Å². The van der Waals surface area contributed by atoms with Crippen molar-refractivity contribution in [3.63, 3.8) is 0 Å². The van der Waals surface area contributed by atoms with Gasteiger partial charge in [0.1, 0.15) is 6.10 Å². The van der Waals surface area contributed by atoms with Crippen molar-refractivity contribution in [2.24, 2.45) is 0 Å². The second-order valence-corrected chi connectivity index (χ2v) is 4.71. The summed E-state index contributed by atoms with van der Waals surface area (Å²) >= 11 is 3.40. The molecule has 17 heavy (non-hydrogen) atoms. The van der Waals surface area contributed by atoms with E-state index in [1.165, 1.54) is 0 Å². The van der Waals surface area contributed by atoms with Gasteiger partial charge in [0.15, 0.2) is 0 Å². The third-order valence-electron chi connectivity index (χ3n) is 2.61. The summed E-state index contributed by atoms with van der Waals surface area (Å²) in [7, 11) is 0. The fourth-order valence-electron chi connectivity index (χ4n) is 1.68. The summed E-state index contributed by atoms with van der Waals surface area (Å²) in [5.74, 6) is 0. The molecule has 2 heterocycles. The molecule has 0 amide bonds. The Morgan fingerprint density at radius 1 is 1.41 bits per heavy atom. The van der Waals surface area contributed by atoms with Crippen molar-refractivity contribution in [1.29, 1.82) is 0 Å². The lowest BCUT2D eigenvalue weighted by molar-refractivity contribution is 0.202. The Morgan fingerprint density at radius 2 is 2.18 bits per heavy atom. The van der Waals surface area contributed by atoms with E-state index < -0.39 is 6.10 Å². The average Bonchev–Trinajstić information content (AvgIpc) is 2.70. The van der Waals surface area contributed by atoms with Crippen molar-refractivity contribution in [3.8, 4) is 0 Å². The molecule has 0 aliphatic carbocycles. The van der Waals surface area contributed by atoms with Gasteiger partial charge in [-0.3, -0.25) is 9.67 Å². The zero-order chi connectivity index (χ0) is 12.4. The maximum Gasteiger partial charge on any atom is 0.139 e. The number of aryl methyl sites for hydroxylation is 2. The number of aliphatic hydroxyl groups is 1. The molecule has 2 rings (SSSR count). The molecule has 5 heteroatoms. The van der Waals surface area contributed by atoms with Gasteiger partial charge >= 0.3 is 0 Å². The quantitative estimate of drug-likeness (QED) is 0.946. The minimum Gasteiger partial charge on any atom is -0.380 e. The maximum atomic E-state index is 10.3. The first kappa shape index (κ1) is 12.3. The molecule has 0 spiro atoms. The van der Waals surface area contributed by atoms with Crippen molar-refractivity contribution in [3.05, 3.63) is 46.0 Å². The highest BCUT2D eigenvalue weighted by Gasteiger charge is 2.19. The van der Waals surface area contributed by atoms with Crippen LogP contribution >= 0.6 is 15.9 Å². The van der Waals surface area contributed by atoms with Crippen molar-refractivity contribution in [1.82, 2.24) is 14.8 Å². The Balaban J connectivity index is 2.39. The minimum absolute atomic E-state index is 0.631. The zero-order valence-electron chi connectivity index (χ0n) is 9.76. The summed E-state index contributed by atoms with van der Waals surface area (Å²) in [6.07, 6.45) is 2.68. The van der Waals surface area contributed by atoms with Crippen LogP contribution in [0.1, 0.15) is 30.0 Å². The smallest absolute Gasteiger partial charge is 0.139 e. The number of hydrogen-bond acceptors (Lipinski definition) is 3. The van der Waals surface area contributed by atoms with Crippen LogP contribution in [0.25, 0.3) is 0 Å². The van der Waals surface area contributed by atoms with E-state index in [0.29, 0.717) is 12.2 Å². The Labute approximate surface area is 108 Å². The van der Waals surface area contributed by atoms with Gasteiger partial charge in [0.2, 0.25) is 0 Å². The number of pyridine rings is 1. The molecule has 2 aromatic heterocycles. The predicted octanol–water partition coefficient (Wildman–Crippen LogP) is 2.45. The summed E-state index contributed by atoms with van der Waals surface area (Å²) in [6, 6.07) is 3.77. The number of aromatic nitrogens is 3. The molecule has 0 aromatic carbocycles. The van der Waals surface area contributed by atoms with E-state index in [-0.39, 0.29) is 0 Å². The lowest BCUT2D eigenvalue weighted by Gasteiger charge is -2.12. The first-order chi connectivity index (χ1) is 8.13. The van der Waals surface area contributed by atoms with E-state index in [1.807, 2.05) is 26.0 Å². The number of halogens is 1. The third kappa shape index (κ3) is 2.40. The number of hydrogen-bond donors (Lipinski definition) is 1. The van der Waals surface area contributed by atoms with Crippen LogP contribution in [0, 0.1) is 6.92 Å². The van der Waals surface area contributed by atoms with Crippen LogP contribution in [0.4, 0.5) is 0 Å². The Morgan fingerprint density at radius 3 is 2.76 bits per heavy atom. The van der Waals surface area contributed by atoms with Gasteiger partial charge in [0, 0.05) is 12.7 Å². The SMILES string of the molecule is CCn1ncc(Br)c1C(O)c1ccc(C)cn1. The van der Waals surface area contributed by atoms with E-state index in [4.69, 9.17) is 0 Å². The highest BCUT2D eigenvalue weighted by molar-refractivity contribution is 9.10. The van der Waals surface area contributed by atoms with Gasteiger partial charge in [-0.05, 0) is 41.4 Å². The Hall–Kier alpha value is -1.20. The van der Waals surface area contributed by atoms with Gasteiger partial charge in [0.05, 0.1) is 22.1 Å². The molecule has 1 unspecified atom stereocenters. The van der Waals surface area contributed by atoms with Gasteiger partial charge in [-0.2, -0.15) is 5.10 Å². The minimum atomic E-state index is -0.757. The molecule has 1 N–H and O–H groups in total. The fourth-order valence-corrected chi connectivity index (χ4v) is 2.19. The van der Waals surface area contributed by atoms with E-state index in [1.54, 1.807) is 17.1 Å². The Bertz CT molecular complexity index is 507. The highest BCUT2D eigenvalue weighted by Crippen LogP contribution is 2.27. The molecule has 0 fully saturated rings. The monoisotopic (exact) mass is 295 g/mol. The second kappa shape index (κ2) is 4.98. The van der Waals surface area contributed by atoms with Crippen LogP contribution < -0.4 is 0 Å². The third-order valence-corrected chi connectivity index (χ3v) is 3.22. The van der Waals surface area contributed by atoms with Gasteiger partial charge in [-0.25, -0.2) is 0 Å². The summed E-state index contributed by atoms with van der Waals surface area (Å²) in [5, 5.41) is 14.5. The molecule has 0 aliphatic rings. The summed E-state index contributed by atoms with van der Waals surface area (Å²) in [4.78, 5) is 4.24. The van der Waals surface area contributed by atoms with Crippen molar-refractivity contribution >= 4 is 15.9 Å². The Kier molecular flexibility index (Phi) is 3.59. The van der Waals surface area contributed by atoms with E-state index >= 15 is 0 Å². The van der Waals surface area contributed by atoms with Gasteiger partial charge in [0.25, 0.3) is 0 Å². The maximum absolute atomic E-state index is 10.3. The highest BCUT2D eigenvalue weighted by atomic mass is 79.9. The normalized spacial score (nSPS) is 12.7. The van der Waals surface area contributed by atoms with Crippen molar-refractivity contribution in [2.45, 2.75) is 26.5 Å². The van der Waals surface area contributed by atoms with Crippen molar-refractivity contribution in [2.75, 3.05) is 0 Å². The first-order valence-corrected chi connectivity index (χ1v) is 6.24. The molecule has 0 radical (unpaired) electrons. The molecule has 2 aromatic rings. The van der Waals surface area contributed by atoms with Gasteiger partial charge in [-0.1, -0.05) is 6.07 Å². The standard InChI is InChI=1S/C12H14BrN3O/c1-3-16-11(9(13)7-15-16)12(17)10-5-4-8(2)6-14-10/h4-7,12,17H,3H2,1-2H3. The summed E-state index contributed by atoms with van der Waals surface area (Å²) < 4.78 is 2.56. The van der Waals surface area contributed by atoms with Gasteiger partial charge in [-0.15, -0.1) is 0 Å². The fraction of sp³-hybridized carbons (Fsp3) is 0.333. The lowest BCUT2D eigenvalue weighted by Crippen LogP contribution is -2.10. The molecule has 1 atom stereocenters. The van der Waals surface area contributed by atoms with Crippen molar-refractivity contribution < 1.29 is 5.11 Å². The molecular weight excluding hydrogens is 282 g/mol. The molecule has 0 aliphatic heterocycles. The molecule has 90 valence electrons. The molecule has 0 saturated carbocycles. The van der Waals surface area contributed by atoms with Crippen LogP contribution in [0.5, 0.6) is 0 Å². The molecule has 0 saturated heterocycles. The lowest BCUT2D eigenvalue weighted by atomic mass is 10.1. The van der Waals surface area contributed by atoms with Crippen LogP contribution in [-0.2, 0) is 6.54 Å².